The fourth-order valence-electron chi connectivity index (χ4n) is 3.14. The Labute approximate surface area is 146 Å². The number of sulfonamides is 1. The zero-order chi connectivity index (χ0) is 17.9. The average molecular weight is 365 g/mol. The lowest BCUT2D eigenvalue weighted by Gasteiger charge is -2.19. The van der Waals surface area contributed by atoms with E-state index in [4.69, 9.17) is 4.74 Å². The second-order valence-electron chi connectivity index (χ2n) is 6.05. The van der Waals surface area contributed by atoms with Crippen LogP contribution in [0.15, 0.2) is 36.7 Å². The number of nitrogens with zero attached hydrogens (tertiary/aromatic N) is 2. The number of hydrogen-bond donors (Lipinski definition) is 1. The molecule has 3 rings (SSSR count). The van der Waals surface area contributed by atoms with E-state index in [0.29, 0.717) is 18.7 Å². The van der Waals surface area contributed by atoms with Crippen molar-refractivity contribution in [2.75, 3.05) is 7.11 Å². The smallest absolute Gasteiger partial charge is 0.215 e. The summed E-state index contributed by atoms with van der Waals surface area (Å²) in [6.07, 6.45) is 4.16. The molecule has 1 aromatic heterocycles. The fourth-order valence-corrected chi connectivity index (χ4v) is 4.89. The molecule has 0 spiro atoms. The molecular formula is C17H20FN3O3S. The number of rotatable bonds is 6. The molecule has 0 saturated heterocycles. The number of methoxy groups -OCH3 is 1. The molecular weight excluding hydrogens is 345 g/mol. The molecule has 2 atom stereocenters. The molecule has 1 saturated carbocycles. The minimum atomic E-state index is -3.54. The molecule has 0 radical (unpaired) electrons. The first-order valence-corrected chi connectivity index (χ1v) is 9.63. The highest BCUT2D eigenvalue weighted by Gasteiger charge is 2.39. The highest BCUT2D eigenvalue weighted by Crippen LogP contribution is 2.36. The van der Waals surface area contributed by atoms with Crippen molar-refractivity contribution < 1.29 is 17.5 Å². The third kappa shape index (κ3) is 4.13. The van der Waals surface area contributed by atoms with E-state index < -0.39 is 21.1 Å². The predicted molar refractivity (Wildman–Crippen MR) is 91.1 cm³/mol. The molecule has 1 aliphatic carbocycles. The van der Waals surface area contributed by atoms with Gasteiger partial charge in [-0.05, 0) is 30.5 Å². The summed E-state index contributed by atoms with van der Waals surface area (Å²) in [5.74, 6) is 0.266. The second-order valence-corrected chi connectivity index (χ2v) is 8.03. The lowest BCUT2D eigenvalue weighted by Crippen LogP contribution is -2.36. The van der Waals surface area contributed by atoms with Gasteiger partial charge < -0.3 is 4.74 Å². The molecule has 0 unspecified atom stereocenters. The Hall–Kier alpha value is -2.06. The van der Waals surface area contributed by atoms with Crippen LogP contribution in [0.3, 0.4) is 0 Å². The molecule has 1 aromatic carbocycles. The summed E-state index contributed by atoms with van der Waals surface area (Å²) in [4.78, 5) is 7.94. The van der Waals surface area contributed by atoms with Gasteiger partial charge in [0.05, 0.1) is 24.8 Å². The van der Waals surface area contributed by atoms with Crippen LogP contribution in [0.25, 0.3) is 0 Å². The van der Waals surface area contributed by atoms with Gasteiger partial charge in [0.2, 0.25) is 10.0 Å². The van der Waals surface area contributed by atoms with Crippen molar-refractivity contribution in [2.24, 2.45) is 0 Å². The number of halogens is 1. The van der Waals surface area contributed by atoms with E-state index >= 15 is 0 Å². The number of hydrogen-bond acceptors (Lipinski definition) is 5. The Morgan fingerprint density at radius 2 is 1.88 bits per heavy atom. The van der Waals surface area contributed by atoms with Crippen LogP contribution >= 0.6 is 0 Å². The van der Waals surface area contributed by atoms with Crippen molar-refractivity contribution in [2.45, 2.75) is 37.0 Å². The third-order valence-electron chi connectivity index (χ3n) is 4.46. The molecule has 6 nitrogen and oxygen atoms in total. The van der Waals surface area contributed by atoms with Gasteiger partial charge in [-0.3, -0.25) is 0 Å². The minimum Gasteiger partial charge on any atom is -0.497 e. The van der Waals surface area contributed by atoms with Gasteiger partial charge in [0.1, 0.15) is 11.6 Å². The first-order chi connectivity index (χ1) is 12.0. The number of ether oxygens (including phenoxy) is 1. The van der Waals surface area contributed by atoms with E-state index in [2.05, 4.69) is 14.7 Å². The maximum Gasteiger partial charge on any atom is 0.215 e. The van der Waals surface area contributed by atoms with Crippen LogP contribution in [0, 0.1) is 5.82 Å². The SMILES string of the molecule is COc1ccc(CNS(=O)(=O)[C@@H]2CCC[C@H]2c2ncc(F)cn2)cc1. The molecule has 1 heterocycles. The van der Waals surface area contributed by atoms with Crippen LogP contribution < -0.4 is 9.46 Å². The van der Waals surface area contributed by atoms with E-state index in [9.17, 15) is 12.8 Å². The zero-order valence-electron chi connectivity index (χ0n) is 13.9. The molecule has 1 N–H and O–H groups in total. The Kier molecular flexibility index (Phi) is 5.29. The number of aromatic nitrogens is 2. The molecule has 1 fully saturated rings. The Morgan fingerprint density at radius 1 is 1.20 bits per heavy atom. The van der Waals surface area contributed by atoms with Gasteiger partial charge in [-0.15, -0.1) is 0 Å². The lowest BCUT2D eigenvalue weighted by molar-refractivity contribution is 0.414. The van der Waals surface area contributed by atoms with E-state index in [0.717, 1.165) is 30.1 Å². The standard InChI is InChI=1S/C17H20FN3O3S/c1-24-14-7-5-12(6-8-14)9-21-25(22,23)16-4-2-3-15(16)17-19-10-13(18)11-20-17/h5-8,10-11,15-16,21H,2-4,9H2,1H3/t15-,16-/m1/s1. The summed E-state index contributed by atoms with van der Waals surface area (Å²) in [6.45, 7) is 0.208. The first kappa shape index (κ1) is 17.8. The van der Waals surface area contributed by atoms with Crippen molar-refractivity contribution >= 4 is 10.0 Å². The van der Waals surface area contributed by atoms with E-state index in [1.807, 2.05) is 12.1 Å². The predicted octanol–water partition coefficient (Wildman–Crippen LogP) is 2.38. The van der Waals surface area contributed by atoms with Crippen LogP contribution in [0.4, 0.5) is 4.39 Å². The minimum absolute atomic E-state index is 0.208. The molecule has 0 aliphatic heterocycles. The van der Waals surface area contributed by atoms with Crippen LogP contribution in [-0.4, -0.2) is 30.7 Å². The molecule has 2 aromatic rings. The first-order valence-electron chi connectivity index (χ1n) is 8.08. The molecule has 134 valence electrons. The van der Waals surface area contributed by atoms with Gasteiger partial charge in [-0.2, -0.15) is 0 Å². The summed E-state index contributed by atoms with van der Waals surface area (Å²) < 4.78 is 46.2. The van der Waals surface area contributed by atoms with Crippen molar-refractivity contribution in [3.05, 3.63) is 53.9 Å². The Balaban J connectivity index is 1.70. The molecule has 8 heteroatoms. The monoisotopic (exact) mass is 365 g/mol. The quantitative estimate of drug-likeness (QED) is 0.850. The maximum absolute atomic E-state index is 13.0. The van der Waals surface area contributed by atoms with Crippen LogP contribution in [0.5, 0.6) is 5.75 Å². The van der Waals surface area contributed by atoms with Gasteiger partial charge in [0, 0.05) is 12.5 Å². The van der Waals surface area contributed by atoms with Gasteiger partial charge in [-0.25, -0.2) is 27.5 Å². The van der Waals surface area contributed by atoms with Gasteiger partial charge in [0.15, 0.2) is 5.82 Å². The summed E-state index contributed by atoms with van der Waals surface area (Å²) in [7, 11) is -1.96. The van der Waals surface area contributed by atoms with E-state index in [-0.39, 0.29) is 12.5 Å². The summed E-state index contributed by atoms with van der Waals surface area (Å²) >= 11 is 0. The summed E-state index contributed by atoms with van der Waals surface area (Å²) in [5.41, 5.74) is 0.844. The number of nitrogens with one attached hydrogen (secondary N) is 1. The normalized spacial score (nSPS) is 20.6. The molecule has 25 heavy (non-hydrogen) atoms. The van der Waals surface area contributed by atoms with Crippen molar-refractivity contribution in [1.82, 2.24) is 14.7 Å². The number of benzene rings is 1. The third-order valence-corrected chi connectivity index (χ3v) is 6.37. The van der Waals surface area contributed by atoms with Gasteiger partial charge >= 0.3 is 0 Å². The Bertz CT molecular complexity index is 810. The average Bonchev–Trinajstić information content (AvgIpc) is 3.12. The molecule has 0 bridgehead atoms. The van der Waals surface area contributed by atoms with Crippen molar-refractivity contribution in [3.8, 4) is 5.75 Å². The van der Waals surface area contributed by atoms with E-state index in [1.54, 1.807) is 19.2 Å². The van der Waals surface area contributed by atoms with Gasteiger partial charge in [-0.1, -0.05) is 18.6 Å². The molecule has 0 amide bonds. The van der Waals surface area contributed by atoms with E-state index in [1.165, 1.54) is 0 Å². The zero-order valence-corrected chi connectivity index (χ0v) is 14.7. The topological polar surface area (TPSA) is 81.2 Å². The lowest BCUT2D eigenvalue weighted by atomic mass is 10.1. The van der Waals surface area contributed by atoms with Crippen LogP contribution in [0.1, 0.15) is 36.6 Å². The maximum atomic E-state index is 13.0. The fraction of sp³-hybridized carbons (Fsp3) is 0.412. The van der Waals surface area contributed by atoms with Crippen LogP contribution in [0.2, 0.25) is 0 Å². The van der Waals surface area contributed by atoms with Gasteiger partial charge in [0.25, 0.3) is 0 Å². The highest BCUT2D eigenvalue weighted by atomic mass is 32.2. The summed E-state index contributed by atoms with van der Waals surface area (Å²) in [6, 6.07) is 7.20. The Morgan fingerprint density at radius 3 is 2.52 bits per heavy atom. The van der Waals surface area contributed by atoms with Crippen LogP contribution in [-0.2, 0) is 16.6 Å². The molecule has 1 aliphatic rings. The second kappa shape index (κ2) is 7.45. The summed E-state index contributed by atoms with van der Waals surface area (Å²) in [5, 5.41) is -0.601. The highest BCUT2D eigenvalue weighted by molar-refractivity contribution is 7.90. The largest absolute Gasteiger partial charge is 0.497 e. The van der Waals surface area contributed by atoms with Crippen molar-refractivity contribution in [3.63, 3.8) is 0 Å². The van der Waals surface area contributed by atoms with Crippen molar-refractivity contribution in [1.29, 1.82) is 0 Å².